The number of amides is 1. The molecule has 25 heavy (non-hydrogen) atoms. The number of nitrogens with one attached hydrogen (secondary N) is 2. The molecule has 0 aliphatic rings. The molecule has 0 unspecified atom stereocenters. The average molecular weight is 394 g/mol. The van der Waals surface area contributed by atoms with Gasteiger partial charge >= 0.3 is 0 Å². The highest BCUT2D eigenvalue weighted by atomic mass is 35.5. The van der Waals surface area contributed by atoms with Gasteiger partial charge in [-0.2, -0.15) is 0 Å². The molecule has 0 saturated carbocycles. The molecule has 0 spiro atoms. The molecule has 1 amide bonds. The van der Waals surface area contributed by atoms with E-state index in [0.29, 0.717) is 32.3 Å². The maximum atomic E-state index is 12.2. The van der Waals surface area contributed by atoms with Gasteiger partial charge in [0.15, 0.2) is 0 Å². The monoisotopic (exact) mass is 392 g/mol. The van der Waals surface area contributed by atoms with E-state index in [1.165, 1.54) is 12.4 Å². The quantitative estimate of drug-likeness (QED) is 0.620. The van der Waals surface area contributed by atoms with E-state index in [0.717, 1.165) is 0 Å². The number of hydrogen-bond acceptors (Lipinski definition) is 4. The summed E-state index contributed by atoms with van der Waals surface area (Å²) in [6, 6.07) is 12.0. The van der Waals surface area contributed by atoms with E-state index in [1.807, 2.05) is 18.2 Å². The van der Waals surface area contributed by atoms with Gasteiger partial charge in [0.05, 0.1) is 33.8 Å². The minimum absolute atomic E-state index is 0.140. The first kappa shape index (κ1) is 17.5. The highest BCUT2D eigenvalue weighted by Crippen LogP contribution is 2.26. The van der Waals surface area contributed by atoms with Crippen LogP contribution >= 0.6 is 34.8 Å². The van der Waals surface area contributed by atoms with Crippen LogP contribution in [0.2, 0.25) is 15.1 Å². The molecule has 0 fully saturated rings. The van der Waals surface area contributed by atoms with E-state index in [9.17, 15) is 4.79 Å². The Kier molecular flexibility index (Phi) is 5.38. The zero-order valence-electron chi connectivity index (χ0n) is 12.6. The van der Waals surface area contributed by atoms with Crippen molar-refractivity contribution in [3.63, 3.8) is 0 Å². The van der Waals surface area contributed by atoms with E-state index in [1.54, 1.807) is 24.3 Å². The number of hydrogen-bond donors (Lipinski definition) is 2. The van der Waals surface area contributed by atoms with E-state index < -0.39 is 5.91 Å². The fraction of sp³-hybridized carbons (Fsp3) is 0. The van der Waals surface area contributed by atoms with Crippen LogP contribution in [-0.2, 0) is 0 Å². The first-order chi connectivity index (χ1) is 12.0. The Labute approximate surface area is 159 Å². The van der Waals surface area contributed by atoms with Gasteiger partial charge in [0.1, 0.15) is 11.5 Å². The van der Waals surface area contributed by atoms with Crippen molar-refractivity contribution in [3.8, 4) is 0 Å². The van der Waals surface area contributed by atoms with Crippen LogP contribution in [0.15, 0.2) is 54.9 Å². The molecule has 2 aromatic carbocycles. The first-order valence-corrected chi connectivity index (χ1v) is 8.26. The molecule has 0 aliphatic heterocycles. The maximum absolute atomic E-state index is 12.2. The zero-order valence-corrected chi connectivity index (χ0v) is 14.9. The van der Waals surface area contributed by atoms with E-state index >= 15 is 0 Å². The van der Waals surface area contributed by atoms with Crippen molar-refractivity contribution in [1.29, 1.82) is 0 Å². The Bertz CT molecular complexity index is 916. The van der Waals surface area contributed by atoms with Crippen molar-refractivity contribution < 1.29 is 4.79 Å². The predicted molar refractivity (Wildman–Crippen MR) is 101 cm³/mol. The van der Waals surface area contributed by atoms with Crippen LogP contribution in [0, 0.1) is 0 Å². The van der Waals surface area contributed by atoms with Gasteiger partial charge in [-0.15, -0.1) is 0 Å². The van der Waals surface area contributed by atoms with Crippen molar-refractivity contribution in [2.24, 2.45) is 0 Å². The van der Waals surface area contributed by atoms with Crippen LogP contribution in [0.25, 0.3) is 0 Å². The fourth-order valence-corrected chi connectivity index (χ4v) is 2.51. The molecule has 3 rings (SSSR count). The van der Waals surface area contributed by atoms with E-state index in [4.69, 9.17) is 34.8 Å². The van der Waals surface area contributed by atoms with Gasteiger partial charge in [0.25, 0.3) is 5.91 Å². The Morgan fingerprint density at radius 2 is 1.64 bits per heavy atom. The minimum Gasteiger partial charge on any atom is -0.338 e. The fourth-order valence-electron chi connectivity index (χ4n) is 1.99. The smallest absolute Gasteiger partial charge is 0.275 e. The highest BCUT2D eigenvalue weighted by Gasteiger charge is 2.11. The van der Waals surface area contributed by atoms with Crippen LogP contribution in [0.4, 0.5) is 17.2 Å². The third-order valence-electron chi connectivity index (χ3n) is 3.20. The van der Waals surface area contributed by atoms with Crippen LogP contribution in [0.1, 0.15) is 10.5 Å². The third-order valence-corrected chi connectivity index (χ3v) is 4.09. The molecular formula is C17H11Cl3N4O. The molecule has 2 N–H and O–H groups in total. The molecular weight excluding hydrogens is 383 g/mol. The van der Waals surface area contributed by atoms with Gasteiger partial charge < -0.3 is 10.6 Å². The first-order valence-electron chi connectivity index (χ1n) is 7.13. The number of para-hydroxylation sites is 1. The second kappa shape index (κ2) is 7.70. The summed E-state index contributed by atoms with van der Waals surface area (Å²) in [5.41, 5.74) is 1.24. The summed E-state index contributed by atoms with van der Waals surface area (Å²) in [4.78, 5) is 20.5. The summed E-state index contributed by atoms with van der Waals surface area (Å²) in [5.74, 6) is 0.0198. The minimum atomic E-state index is -0.444. The number of nitrogens with zero attached hydrogens (tertiary/aromatic N) is 2. The van der Waals surface area contributed by atoms with E-state index in [-0.39, 0.29) is 5.69 Å². The number of anilines is 3. The summed E-state index contributed by atoms with van der Waals surface area (Å²) in [6.45, 7) is 0. The summed E-state index contributed by atoms with van der Waals surface area (Å²) >= 11 is 18.0. The lowest BCUT2D eigenvalue weighted by Crippen LogP contribution is -2.14. The van der Waals surface area contributed by atoms with Crippen molar-refractivity contribution in [3.05, 3.63) is 75.6 Å². The largest absolute Gasteiger partial charge is 0.338 e. The zero-order chi connectivity index (χ0) is 17.8. The van der Waals surface area contributed by atoms with Crippen LogP contribution in [0.3, 0.4) is 0 Å². The van der Waals surface area contributed by atoms with Crippen molar-refractivity contribution in [2.45, 2.75) is 0 Å². The van der Waals surface area contributed by atoms with Crippen LogP contribution in [-0.4, -0.2) is 15.9 Å². The lowest BCUT2D eigenvalue weighted by molar-refractivity contribution is 0.102. The summed E-state index contributed by atoms with van der Waals surface area (Å²) in [6.07, 6.45) is 2.80. The van der Waals surface area contributed by atoms with Gasteiger partial charge in [-0.05, 0) is 30.3 Å². The molecule has 0 aliphatic carbocycles. The predicted octanol–water partition coefficient (Wildman–Crippen LogP) is 5.43. The van der Waals surface area contributed by atoms with Gasteiger partial charge in [-0.25, -0.2) is 9.97 Å². The van der Waals surface area contributed by atoms with Crippen LogP contribution < -0.4 is 10.6 Å². The molecule has 0 saturated heterocycles. The molecule has 0 radical (unpaired) electrons. The molecule has 126 valence electrons. The number of carbonyl (C=O) groups excluding carboxylic acids is 1. The normalized spacial score (nSPS) is 10.4. The average Bonchev–Trinajstić information content (AvgIpc) is 2.61. The number of carbonyl (C=O) groups is 1. The summed E-state index contributed by atoms with van der Waals surface area (Å²) < 4.78 is 0. The highest BCUT2D eigenvalue weighted by molar-refractivity contribution is 6.36. The Hall–Kier alpha value is -2.34. The van der Waals surface area contributed by atoms with Gasteiger partial charge in [0.2, 0.25) is 0 Å². The molecule has 1 heterocycles. The molecule has 8 heteroatoms. The molecule has 0 atom stereocenters. The Morgan fingerprint density at radius 3 is 2.36 bits per heavy atom. The van der Waals surface area contributed by atoms with Crippen molar-refractivity contribution in [1.82, 2.24) is 9.97 Å². The number of rotatable bonds is 4. The molecule has 0 bridgehead atoms. The van der Waals surface area contributed by atoms with Crippen molar-refractivity contribution >= 4 is 57.9 Å². The summed E-state index contributed by atoms with van der Waals surface area (Å²) in [7, 11) is 0. The maximum Gasteiger partial charge on any atom is 0.275 e. The number of aromatic nitrogens is 2. The Morgan fingerprint density at radius 1 is 0.880 bits per heavy atom. The standard InChI is InChI=1S/C17H11Cl3N4O/c18-10-5-6-12(20)14(7-10)24-17(25)15-8-22-16(9-21-15)23-13-4-2-1-3-11(13)19/h1-9H,(H,22,23)(H,24,25). The second-order valence-electron chi connectivity index (χ2n) is 4.97. The van der Waals surface area contributed by atoms with E-state index in [2.05, 4.69) is 20.6 Å². The lowest BCUT2D eigenvalue weighted by Gasteiger charge is -2.09. The SMILES string of the molecule is O=C(Nc1cc(Cl)ccc1Cl)c1cnc(Nc2ccccc2Cl)cn1. The second-order valence-corrected chi connectivity index (χ2v) is 6.22. The number of benzene rings is 2. The van der Waals surface area contributed by atoms with Gasteiger partial charge in [-0.1, -0.05) is 46.9 Å². The van der Waals surface area contributed by atoms with Gasteiger partial charge in [0, 0.05) is 5.02 Å². The molecule has 3 aromatic rings. The topological polar surface area (TPSA) is 66.9 Å². The Balaban J connectivity index is 1.72. The molecule has 5 nitrogen and oxygen atoms in total. The third kappa shape index (κ3) is 4.39. The lowest BCUT2D eigenvalue weighted by atomic mass is 10.3. The van der Waals surface area contributed by atoms with Crippen molar-refractivity contribution in [2.75, 3.05) is 10.6 Å². The molecule has 1 aromatic heterocycles. The summed E-state index contributed by atoms with van der Waals surface area (Å²) in [5, 5.41) is 7.07. The van der Waals surface area contributed by atoms with Gasteiger partial charge in [-0.3, -0.25) is 4.79 Å². The van der Waals surface area contributed by atoms with Crippen LogP contribution in [0.5, 0.6) is 0 Å². The number of halogens is 3.